The van der Waals surface area contributed by atoms with Crippen LogP contribution in [0.2, 0.25) is 0 Å². The van der Waals surface area contributed by atoms with Crippen molar-refractivity contribution in [3.05, 3.63) is 95.8 Å². The van der Waals surface area contributed by atoms with E-state index in [0.29, 0.717) is 11.6 Å². The van der Waals surface area contributed by atoms with Gasteiger partial charge in [-0.3, -0.25) is 0 Å². The van der Waals surface area contributed by atoms with E-state index < -0.39 is 0 Å². The molecule has 0 amide bonds. The quantitative estimate of drug-likeness (QED) is 0.279. The summed E-state index contributed by atoms with van der Waals surface area (Å²) in [5, 5.41) is 0. The summed E-state index contributed by atoms with van der Waals surface area (Å²) < 4.78 is 17.1. The molecule has 148 valence electrons. The van der Waals surface area contributed by atoms with E-state index in [1.807, 2.05) is 93.6 Å². The van der Waals surface area contributed by atoms with Crippen molar-refractivity contribution in [2.75, 3.05) is 7.11 Å². The molecule has 0 aliphatic heterocycles. The van der Waals surface area contributed by atoms with E-state index in [1.54, 1.807) is 13.4 Å². The van der Waals surface area contributed by atoms with Crippen molar-refractivity contribution in [2.45, 2.75) is 20.8 Å². The molecule has 4 heteroatoms. The van der Waals surface area contributed by atoms with Crippen LogP contribution >= 0.6 is 0 Å². The average molecular weight is 387 g/mol. The van der Waals surface area contributed by atoms with Crippen molar-refractivity contribution in [2.24, 2.45) is 4.99 Å². The largest absolute Gasteiger partial charge is 0.497 e. The van der Waals surface area contributed by atoms with Crippen LogP contribution in [-0.2, 0) is 0 Å². The first-order valence-corrected chi connectivity index (χ1v) is 9.41. The summed E-state index contributed by atoms with van der Waals surface area (Å²) in [6, 6.07) is 23.2. The fraction of sp³-hybridized carbons (Fsp3) is 0.160. The number of rotatable bonds is 6. The van der Waals surface area contributed by atoms with Crippen LogP contribution in [0.4, 0.5) is 5.69 Å². The minimum Gasteiger partial charge on any atom is -0.497 e. The Bertz CT molecular complexity index is 986. The van der Waals surface area contributed by atoms with Crippen molar-refractivity contribution in [3.63, 3.8) is 0 Å². The number of methoxy groups -OCH3 is 1. The van der Waals surface area contributed by atoms with Crippen LogP contribution in [0.5, 0.6) is 17.2 Å². The first-order chi connectivity index (χ1) is 14.0. The molecule has 3 aromatic rings. The number of nitrogens with zero attached hydrogens (tertiary/aromatic N) is 1. The molecule has 0 spiro atoms. The van der Waals surface area contributed by atoms with Gasteiger partial charge in [-0.25, -0.2) is 4.99 Å². The lowest BCUT2D eigenvalue weighted by Gasteiger charge is -2.11. The zero-order valence-electron chi connectivity index (χ0n) is 17.2. The van der Waals surface area contributed by atoms with Gasteiger partial charge in [-0.15, -0.1) is 0 Å². The highest BCUT2D eigenvalue weighted by Gasteiger charge is 2.08. The van der Waals surface area contributed by atoms with E-state index in [0.717, 1.165) is 22.8 Å². The number of ether oxygens (including phenoxy) is 3. The molecule has 0 aliphatic rings. The molecule has 0 atom stereocenters. The second-order valence-electron chi connectivity index (χ2n) is 6.76. The van der Waals surface area contributed by atoms with Crippen molar-refractivity contribution >= 4 is 11.6 Å². The van der Waals surface area contributed by atoms with Gasteiger partial charge in [0.25, 0.3) is 0 Å². The lowest BCUT2D eigenvalue weighted by Crippen LogP contribution is -2.11. The van der Waals surface area contributed by atoms with Gasteiger partial charge in [0, 0.05) is 5.57 Å². The van der Waals surface area contributed by atoms with Crippen molar-refractivity contribution in [1.29, 1.82) is 0 Å². The Balaban J connectivity index is 1.86. The maximum atomic E-state index is 6.06. The predicted octanol–water partition coefficient (Wildman–Crippen LogP) is 6.40. The smallest absolute Gasteiger partial charge is 0.225 e. The Morgan fingerprint density at radius 1 is 0.724 bits per heavy atom. The third-order valence-corrected chi connectivity index (χ3v) is 4.27. The number of benzene rings is 3. The zero-order valence-corrected chi connectivity index (χ0v) is 17.2. The van der Waals surface area contributed by atoms with Crippen LogP contribution in [0, 0.1) is 13.8 Å². The summed E-state index contributed by atoms with van der Waals surface area (Å²) in [6.07, 6.45) is 1.65. The van der Waals surface area contributed by atoms with Gasteiger partial charge >= 0.3 is 0 Å². The third-order valence-electron chi connectivity index (χ3n) is 4.27. The highest BCUT2D eigenvalue weighted by Crippen LogP contribution is 2.21. The molecule has 0 unspecified atom stereocenters. The Morgan fingerprint density at radius 2 is 1.24 bits per heavy atom. The molecule has 0 bridgehead atoms. The maximum absolute atomic E-state index is 6.06. The van der Waals surface area contributed by atoms with E-state index in [1.165, 1.54) is 11.1 Å². The lowest BCUT2D eigenvalue weighted by molar-refractivity contribution is 0.414. The maximum Gasteiger partial charge on any atom is 0.225 e. The molecule has 0 radical (unpaired) electrons. The third kappa shape index (κ3) is 5.98. The van der Waals surface area contributed by atoms with E-state index in [-0.39, 0.29) is 0 Å². The van der Waals surface area contributed by atoms with Gasteiger partial charge < -0.3 is 14.2 Å². The van der Waals surface area contributed by atoms with Gasteiger partial charge in [0.2, 0.25) is 5.90 Å². The Hall–Kier alpha value is -3.53. The SMILES string of the molecule is COc1ccc(OC(=N\c2ccc(C)cc2)/C(C)=C/Oc2ccc(C)cc2)cc1. The monoisotopic (exact) mass is 387 g/mol. The van der Waals surface area contributed by atoms with Gasteiger partial charge in [0.1, 0.15) is 17.2 Å². The van der Waals surface area contributed by atoms with E-state index in [9.17, 15) is 0 Å². The normalized spacial score (nSPS) is 11.9. The first kappa shape index (κ1) is 20.2. The summed E-state index contributed by atoms with van der Waals surface area (Å²) in [5.41, 5.74) is 3.93. The Labute approximate surface area is 172 Å². The summed E-state index contributed by atoms with van der Waals surface area (Å²) in [5.74, 6) is 2.66. The summed E-state index contributed by atoms with van der Waals surface area (Å²) in [6.45, 7) is 5.99. The van der Waals surface area contributed by atoms with Crippen LogP contribution in [0.15, 0.2) is 89.6 Å². The average Bonchev–Trinajstić information content (AvgIpc) is 2.74. The fourth-order valence-corrected chi connectivity index (χ4v) is 2.51. The van der Waals surface area contributed by atoms with Gasteiger partial charge in [-0.05, 0) is 69.3 Å². The molecule has 29 heavy (non-hydrogen) atoms. The van der Waals surface area contributed by atoms with Gasteiger partial charge in [0.05, 0.1) is 19.1 Å². The molecule has 0 saturated heterocycles. The second kappa shape index (κ2) is 9.60. The Morgan fingerprint density at radius 3 is 1.83 bits per heavy atom. The second-order valence-corrected chi connectivity index (χ2v) is 6.76. The number of hydrogen-bond acceptors (Lipinski definition) is 4. The van der Waals surface area contributed by atoms with E-state index in [2.05, 4.69) is 4.99 Å². The fourth-order valence-electron chi connectivity index (χ4n) is 2.51. The van der Waals surface area contributed by atoms with Crippen LogP contribution in [0.3, 0.4) is 0 Å². The zero-order chi connectivity index (χ0) is 20.6. The summed E-state index contributed by atoms with van der Waals surface area (Å²) >= 11 is 0. The molecule has 4 nitrogen and oxygen atoms in total. The van der Waals surface area contributed by atoms with Crippen LogP contribution in [0.1, 0.15) is 18.1 Å². The van der Waals surface area contributed by atoms with Crippen molar-refractivity contribution in [1.82, 2.24) is 0 Å². The lowest BCUT2D eigenvalue weighted by atomic mass is 10.2. The van der Waals surface area contributed by atoms with Gasteiger partial charge in [-0.1, -0.05) is 35.4 Å². The molecule has 3 rings (SSSR count). The summed E-state index contributed by atoms with van der Waals surface area (Å²) in [4.78, 5) is 4.68. The molecule has 0 aromatic heterocycles. The van der Waals surface area contributed by atoms with Crippen LogP contribution in [-0.4, -0.2) is 13.0 Å². The minimum atomic E-state index is 0.464. The van der Waals surface area contributed by atoms with Crippen molar-refractivity contribution < 1.29 is 14.2 Å². The van der Waals surface area contributed by atoms with Gasteiger partial charge in [0.15, 0.2) is 0 Å². The molecular formula is C25H25NO3. The van der Waals surface area contributed by atoms with E-state index in [4.69, 9.17) is 14.2 Å². The number of aryl methyl sites for hydroxylation is 2. The Kier molecular flexibility index (Phi) is 6.69. The van der Waals surface area contributed by atoms with Gasteiger partial charge in [-0.2, -0.15) is 0 Å². The highest BCUT2D eigenvalue weighted by atomic mass is 16.5. The van der Waals surface area contributed by atoms with Crippen LogP contribution < -0.4 is 14.2 Å². The molecule has 0 aliphatic carbocycles. The number of aliphatic imine (C=N–C) groups is 1. The topological polar surface area (TPSA) is 40.0 Å². The molecule has 0 fully saturated rings. The number of hydrogen-bond donors (Lipinski definition) is 0. The van der Waals surface area contributed by atoms with Crippen molar-refractivity contribution in [3.8, 4) is 17.2 Å². The molecular weight excluding hydrogens is 362 g/mol. The molecule has 0 heterocycles. The van der Waals surface area contributed by atoms with E-state index >= 15 is 0 Å². The molecule has 3 aromatic carbocycles. The summed E-state index contributed by atoms with van der Waals surface area (Å²) in [7, 11) is 1.63. The van der Waals surface area contributed by atoms with Crippen LogP contribution in [0.25, 0.3) is 0 Å². The standard InChI is InChI=1S/C25H25NO3/c1-18-5-9-21(10-6-18)26-25(29-24-15-13-22(27-4)14-16-24)20(3)17-28-23-11-7-19(2)8-12-23/h5-17H,1-4H3/b20-17+,26-25-. The highest BCUT2D eigenvalue weighted by molar-refractivity contribution is 5.96. The predicted molar refractivity (Wildman–Crippen MR) is 117 cm³/mol. The minimum absolute atomic E-state index is 0.464. The molecule has 0 saturated carbocycles. The molecule has 0 N–H and O–H groups in total. The first-order valence-electron chi connectivity index (χ1n) is 9.41.